The summed E-state index contributed by atoms with van der Waals surface area (Å²) in [6, 6.07) is 20.3. The van der Waals surface area contributed by atoms with Crippen LogP contribution >= 0.6 is 0 Å². The van der Waals surface area contributed by atoms with Gasteiger partial charge in [-0.3, -0.25) is 9.10 Å². The van der Waals surface area contributed by atoms with Crippen molar-refractivity contribution < 1.29 is 23.1 Å². The second-order valence-corrected chi connectivity index (χ2v) is 8.64. The molecule has 8 nitrogen and oxygen atoms in total. The molecule has 0 heterocycles. The number of hydrogen-bond donors (Lipinski definition) is 2. The molecule has 0 aliphatic rings. The largest absolute Gasteiger partial charge is 0.478 e. The number of carboxylic acid groups (broad SMARTS) is 1. The van der Waals surface area contributed by atoms with Gasteiger partial charge in [-0.15, -0.1) is 6.58 Å². The first kappa shape index (κ1) is 23.4. The van der Waals surface area contributed by atoms with Crippen LogP contribution in [0.1, 0.15) is 26.3 Å². The van der Waals surface area contributed by atoms with Gasteiger partial charge in [0.25, 0.3) is 15.9 Å². The van der Waals surface area contributed by atoms with E-state index in [-0.39, 0.29) is 22.6 Å². The highest BCUT2D eigenvalue weighted by molar-refractivity contribution is 7.92. The van der Waals surface area contributed by atoms with Gasteiger partial charge >= 0.3 is 5.97 Å². The van der Waals surface area contributed by atoms with Crippen LogP contribution in [0, 0.1) is 0 Å². The third-order valence-corrected chi connectivity index (χ3v) is 6.41. The van der Waals surface area contributed by atoms with Crippen LogP contribution in [0.15, 0.2) is 102 Å². The fourth-order valence-electron chi connectivity index (χ4n) is 2.99. The van der Waals surface area contributed by atoms with Crippen LogP contribution in [0.2, 0.25) is 0 Å². The van der Waals surface area contributed by atoms with E-state index in [2.05, 4.69) is 17.1 Å². The van der Waals surface area contributed by atoms with Gasteiger partial charge in [0.15, 0.2) is 0 Å². The van der Waals surface area contributed by atoms with Crippen LogP contribution in [0.3, 0.4) is 0 Å². The van der Waals surface area contributed by atoms with Crippen LogP contribution < -0.4 is 9.73 Å². The Bertz CT molecular complexity index is 1290. The van der Waals surface area contributed by atoms with Crippen LogP contribution in [0.4, 0.5) is 5.69 Å². The molecule has 0 aliphatic carbocycles. The van der Waals surface area contributed by atoms with E-state index in [0.29, 0.717) is 11.3 Å². The number of nitrogens with one attached hydrogen (secondary N) is 1. The summed E-state index contributed by atoms with van der Waals surface area (Å²) >= 11 is 0. The lowest BCUT2D eigenvalue weighted by molar-refractivity contribution is 0.0696. The summed E-state index contributed by atoms with van der Waals surface area (Å²) in [6.45, 7) is 3.68. The van der Waals surface area contributed by atoms with E-state index in [1.54, 1.807) is 36.4 Å². The second-order valence-electron chi connectivity index (χ2n) is 6.78. The Kier molecular flexibility index (Phi) is 7.37. The molecule has 3 aromatic rings. The Hall–Kier alpha value is -4.24. The van der Waals surface area contributed by atoms with E-state index in [1.807, 2.05) is 0 Å². The third-order valence-electron chi connectivity index (χ3n) is 4.60. The first-order valence-electron chi connectivity index (χ1n) is 9.79. The zero-order valence-corrected chi connectivity index (χ0v) is 18.3. The summed E-state index contributed by atoms with van der Waals surface area (Å²) in [5.41, 5.74) is 3.35. The van der Waals surface area contributed by atoms with E-state index in [9.17, 15) is 23.1 Å². The van der Waals surface area contributed by atoms with Crippen molar-refractivity contribution in [3.05, 3.63) is 108 Å². The lowest BCUT2D eigenvalue weighted by Crippen LogP contribution is -2.31. The SMILES string of the molecule is C=CCN(c1ccc(C(=O)N/N=C\c2ccccc2C(=O)O)cc1)S(=O)(=O)c1ccccc1. The molecule has 0 aliphatic heterocycles. The fraction of sp³-hybridized carbons (Fsp3) is 0.0417. The number of aromatic carboxylic acids is 1. The molecule has 3 rings (SSSR count). The van der Waals surface area contributed by atoms with Crippen LogP contribution in [-0.2, 0) is 10.0 Å². The maximum atomic E-state index is 13.0. The van der Waals surface area contributed by atoms with E-state index >= 15 is 0 Å². The summed E-state index contributed by atoms with van der Waals surface area (Å²) in [5.74, 6) is -1.64. The first-order valence-corrected chi connectivity index (χ1v) is 11.2. The number of amides is 1. The van der Waals surface area contributed by atoms with Crippen molar-refractivity contribution in [3.63, 3.8) is 0 Å². The number of hydrogen-bond acceptors (Lipinski definition) is 5. The molecule has 0 spiro atoms. The van der Waals surface area contributed by atoms with Crippen LogP contribution in [0.25, 0.3) is 0 Å². The molecule has 0 radical (unpaired) electrons. The van der Waals surface area contributed by atoms with Gasteiger partial charge in [-0.2, -0.15) is 5.10 Å². The number of nitrogens with zero attached hydrogens (tertiary/aromatic N) is 2. The number of sulfonamides is 1. The van der Waals surface area contributed by atoms with E-state index < -0.39 is 21.9 Å². The van der Waals surface area contributed by atoms with E-state index in [4.69, 9.17) is 0 Å². The fourth-order valence-corrected chi connectivity index (χ4v) is 4.44. The molecule has 3 aromatic carbocycles. The van der Waals surface area contributed by atoms with Gasteiger partial charge in [0.1, 0.15) is 0 Å². The van der Waals surface area contributed by atoms with Gasteiger partial charge in [0.05, 0.1) is 28.9 Å². The van der Waals surface area contributed by atoms with Crippen molar-refractivity contribution in [2.45, 2.75) is 4.90 Å². The lowest BCUT2D eigenvalue weighted by atomic mass is 10.1. The van der Waals surface area contributed by atoms with Crippen molar-refractivity contribution in [1.29, 1.82) is 0 Å². The summed E-state index contributed by atoms with van der Waals surface area (Å²) in [6.07, 6.45) is 2.72. The minimum absolute atomic E-state index is 0.0516. The molecule has 1 amide bonds. The molecule has 0 aromatic heterocycles. The van der Waals surface area contributed by atoms with Gasteiger partial charge < -0.3 is 5.11 Å². The Labute approximate surface area is 191 Å². The van der Waals surface area contributed by atoms with Crippen molar-refractivity contribution in [3.8, 4) is 0 Å². The van der Waals surface area contributed by atoms with Gasteiger partial charge in [-0.05, 0) is 42.5 Å². The minimum atomic E-state index is -3.82. The number of rotatable bonds is 9. The van der Waals surface area contributed by atoms with Crippen LogP contribution in [-0.4, -0.2) is 38.2 Å². The smallest absolute Gasteiger partial charge is 0.336 e. The van der Waals surface area contributed by atoms with Crippen LogP contribution in [0.5, 0.6) is 0 Å². The Morgan fingerprint density at radius 3 is 2.24 bits per heavy atom. The number of hydrazone groups is 1. The molecular weight excluding hydrogens is 442 g/mol. The molecule has 0 saturated heterocycles. The summed E-state index contributed by atoms with van der Waals surface area (Å²) < 4.78 is 27.3. The maximum absolute atomic E-state index is 13.0. The predicted octanol–water partition coefficient (Wildman–Crippen LogP) is 3.53. The van der Waals surface area contributed by atoms with Crippen molar-refractivity contribution in [2.24, 2.45) is 5.10 Å². The summed E-state index contributed by atoms with van der Waals surface area (Å²) in [7, 11) is -3.82. The third kappa shape index (κ3) is 5.52. The Balaban J connectivity index is 1.76. The molecule has 0 saturated carbocycles. The molecule has 2 N–H and O–H groups in total. The van der Waals surface area contributed by atoms with E-state index in [0.717, 1.165) is 0 Å². The molecule has 168 valence electrons. The number of benzene rings is 3. The van der Waals surface area contributed by atoms with Crippen molar-refractivity contribution in [1.82, 2.24) is 5.43 Å². The average Bonchev–Trinajstić information content (AvgIpc) is 2.83. The molecule has 0 unspecified atom stereocenters. The predicted molar refractivity (Wildman–Crippen MR) is 126 cm³/mol. The highest BCUT2D eigenvalue weighted by Crippen LogP contribution is 2.24. The summed E-state index contributed by atoms with van der Waals surface area (Å²) in [5, 5.41) is 13.0. The number of carboxylic acids is 1. The standard InChI is InChI=1S/C24H21N3O5S/c1-2-16-27(33(31,32)21-9-4-3-5-10-21)20-14-12-18(13-15-20)23(28)26-25-17-19-8-6-7-11-22(19)24(29)30/h2-15,17H,1,16H2,(H,26,28)(H,29,30)/b25-17-. The topological polar surface area (TPSA) is 116 Å². The number of anilines is 1. The second kappa shape index (κ2) is 10.4. The molecule has 0 bridgehead atoms. The number of carbonyl (C=O) groups excluding carboxylic acids is 1. The van der Waals surface area contributed by atoms with E-state index in [1.165, 1.54) is 59.1 Å². The molecule has 9 heteroatoms. The zero-order valence-electron chi connectivity index (χ0n) is 17.5. The number of carbonyl (C=O) groups is 2. The molecule has 0 atom stereocenters. The van der Waals surface area contributed by atoms with Gasteiger partial charge in [-0.1, -0.05) is 42.5 Å². The first-order chi connectivity index (χ1) is 15.8. The Morgan fingerprint density at radius 2 is 1.61 bits per heavy atom. The summed E-state index contributed by atoms with van der Waals surface area (Å²) in [4.78, 5) is 23.8. The van der Waals surface area contributed by atoms with Crippen molar-refractivity contribution >= 4 is 33.8 Å². The highest BCUT2D eigenvalue weighted by atomic mass is 32.2. The normalized spacial score (nSPS) is 11.2. The van der Waals surface area contributed by atoms with Gasteiger partial charge in [-0.25, -0.2) is 18.6 Å². The maximum Gasteiger partial charge on any atom is 0.336 e. The van der Waals surface area contributed by atoms with Gasteiger partial charge in [0.2, 0.25) is 0 Å². The molecule has 33 heavy (non-hydrogen) atoms. The minimum Gasteiger partial charge on any atom is -0.478 e. The monoisotopic (exact) mass is 463 g/mol. The average molecular weight is 464 g/mol. The molecule has 0 fully saturated rings. The van der Waals surface area contributed by atoms with Crippen molar-refractivity contribution in [2.75, 3.05) is 10.8 Å². The quantitative estimate of drug-likeness (QED) is 0.286. The Morgan fingerprint density at radius 1 is 0.970 bits per heavy atom. The lowest BCUT2D eigenvalue weighted by Gasteiger charge is -2.23. The van der Waals surface area contributed by atoms with Gasteiger partial charge in [0, 0.05) is 11.1 Å². The molecular formula is C24H21N3O5S. The highest BCUT2D eigenvalue weighted by Gasteiger charge is 2.23. The zero-order chi connectivity index (χ0) is 23.8.